The molecule has 1 rings (SSSR count). The first-order valence-electron chi connectivity index (χ1n) is 7.54. The van der Waals surface area contributed by atoms with Crippen LogP contribution in [0.3, 0.4) is 0 Å². The number of carbonyl (C=O) groups is 2. The van der Waals surface area contributed by atoms with Crippen LogP contribution in [0.2, 0.25) is 0 Å². The number of sulfonamides is 1. The van der Waals surface area contributed by atoms with Crippen molar-refractivity contribution in [1.82, 2.24) is 9.62 Å². The summed E-state index contributed by atoms with van der Waals surface area (Å²) >= 11 is 0. The Morgan fingerprint density at radius 2 is 1.79 bits per heavy atom. The maximum absolute atomic E-state index is 11.8. The van der Waals surface area contributed by atoms with E-state index in [0.717, 1.165) is 11.0 Å². The van der Waals surface area contributed by atoms with Crippen LogP contribution in [0.15, 0.2) is 35.7 Å². The molecule has 0 saturated heterocycles. The molecule has 1 aromatic carbocycles. The predicted octanol–water partition coefficient (Wildman–Crippen LogP) is 0.988. The number of benzene rings is 1. The minimum atomic E-state index is -3.77. The van der Waals surface area contributed by atoms with E-state index >= 15 is 0 Å². The fourth-order valence-electron chi connectivity index (χ4n) is 1.80. The fraction of sp³-hybridized carbons (Fsp3) is 0.375. The Labute approximate surface area is 142 Å². The zero-order valence-corrected chi connectivity index (χ0v) is 14.6. The van der Waals surface area contributed by atoms with Gasteiger partial charge in [-0.3, -0.25) is 9.59 Å². The third-order valence-electron chi connectivity index (χ3n) is 3.13. The summed E-state index contributed by atoms with van der Waals surface area (Å²) in [6.07, 6.45) is 1.41. The summed E-state index contributed by atoms with van der Waals surface area (Å²) in [5.74, 6) is -1.13. The van der Waals surface area contributed by atoms with Gasteiger partial charge in [0.05, 0.1) is 0 Å². The quantitative estimate of drug-likeness (QED) is 0.668. The highest BCUT2D eigenvalue weighted by molar-refractivity contribution is 7.92. The summed E-state index contributed by atoms with van der Waals surface area (Å²) in [5, 5.41) is 0.969. The SMILES string of the molecule is CCN(CC)C(=O)COC(=O)CNS(=O)(=O)/C=C/c1ccccc1. The van der Waals surface area contributed by atoms with Crippen LogP contribution in [0, 0.1) is 0 Å². The fourth-order valence-corrected chi connectivity index (χ4v) is 2.55. The van der Waals surface area contributed by atoms with Gasteiger partial charge in [-0.1, -0.05) is 30.3 Å². The average molecular weight is 354 g/mol. The standard InChI is InChI=1S/C16H22N2O5S/c1-3-18(4-2)15(19)13-23-16(20)12-17-24(21,22)11-10-14-8-6-5-7-9-14/h5-11,17H,3-4,12-13H2,1-2H3/b11-10+. The predicted molar refractivity (Wildman–Crippen MR) is 91.3 cm³/mol. The smallest absolute Gasteiger partial charge is 0.321 e. The van der Waals surface area contributed by atoms with Gasteiger partial charge in [-0.15, -0.1) is 0 Å². The lowest BCUT2D eigenvalue weighted by atomic mass is 10.2. The van der Waals surface area contributed by atoms with Crippen molar-refractivity contribution in [3.8, 4) is 0 Å². The van der Waals surface area contributed by atoms with E-state index in [-0.39, 0.29) is 5.91 Å². The van der Waals surface area contributed by atoms with Gasteiger partial charge in [-0.2, -0.15) is 0 Å². The van der Waals surface area contributed by atoms with Gasteiger partial charge in [0.2, 0.25) is 10.0 Å². The Kier molecular flexibility index (Phi) is 8.14. The Morgan fingerprint density at radius 3 is 2.38 bits per heavy atom. The van der Waals surface area contributed by atoms with Gasteiger partial charge in [0.25, 0.3) is 5.91 Å². The first kappa shape index (κ1) is 19.9. The van der Waals surface area contributed by atoms with Crippen LogP contribution in [-0.4, -0.2) is 51.4 Å². The lowest BCUT2D eigenvalue weighted by Gasteiger charge is -2.18. The molecule has 0 aliphatic heterocycles. The second-order valence-corrected chi connectivity index (χ2v) is 6.46. The molecule has 132 valence electrons. The zero-order chi connectivity index (χ0) is 18.0. The molecule has 0 aromatic heterocycles. The summed E-state index contributed by atoms with van der Waals surface area (Å²) in [6, 6.07) is 8.88. The minimum absolute atomic E-state index is 0.319. The number of esters is 1. The molecule has 0 atom stereocenters. The molecule has 0 unspecified atom stereocenters. The van der Waals surface area contributed by atoms with Crippen molar-refractivity contribution in [3.05, 3.63) is 41.3 Å². The number of ether oxygens (including phenoxy) is 1. The third kappa shape index (κ3) is 7.38. The van der Waals surface area contributed by atoms with Crippen molar-refractivity contribution in [3.63, 3.8) is 0 Å². The Bertz CT molecular complexity index is 667. The van der Waals surface area contributed by atoms with E-state index in [1.807, 2.05) is 19.9 Å². The van der Waals surface area contributed by atoms with Crippen LogP contribution in [0.1, 0.15) is 19.4 Å². The molecule has 1 N–H and O–H groups in total. The third-order valence-corrected chi connectivity index (χ3v) is 4.17. The van der Waals surface area contributed by atoms with Crippen LogP contribution in [-0.2, 0) is 24.3 Å². The van der Waals surface area contributed by atoms with E-state index in [9.17, 15) is 18.0 Å². The Balaban J connectivity index is 2.43. The van der Waals surface area contributed by atoms with E-state index < -0.39 is 29.1 Å². The number of nitrogens with one attached hydrogen (secondary N) is 1. The Hall–Kier alpha value is -2.19. The number of likely N-dealkylation sites (N-methyl/N-ethyl adjacent to an activating group) is 1. The molecule has 0 spiro atoms. The zero-order valence-electron chi connectivity index (χ0n) is 13.8. The number of rotatable bonds is 9. The molecule has 0 fully saturated rings. The Morgan fingerprint density at radius 1 is 1.17 bits per heavy atom. The monoisotopic (exact) mass is 354 g/mol. The van der Waals surface area contributed by atoms with E-state index in [0.29, 0.717) is 13.1 Å². The van der Waals surface area contributed by atoms with E-state index in [2.05, 4.69) is 4.72 Å². The van der Waals surface area contributed by atoms with Crippen LogP contribution >= 0.6 is 0 Å². The number of amides is 1. The highest BCUT2D eigenvalue weighted by Crippen LogP contribution is 2.02. The molecule has 0 aliphatic carbocycles. The maximum Gasteiger partial charge on any atom is 0.321 e. The lowest BCUT2D eigenvalue weighted by molar-refractivity contribution is -0.150. The summed E-state index contributed by atoms with van der Waals surface area (Å²) in [7, 11) is -3.77. The van der Waals surface area contributed by atoms with Crippen LogP contribution < -0.4 is 4.72 Å². The molecule has 0 radical (unpaired) electrons. The number of nitrogens with zero attached hydrogens (tertiary/aromatic N) is 1. The molecule has 0 aliphatic rings. The number of hydrogen-bond acceptors (Lipinski definition) is 5. The summed E-state index contributed by atoms with van der Waals surface area (Å²) in [6.45, 7) is 3.73. The van der Waals surface area contributed by atoms with Gasteiger partial charge in [0.1, 0.15) is 6.54 Å². The van der Waals surface area contributed by atoms with Crippen LogP contribution in [0.4, 0.5) is 0 Å². The van der Waals surface area contributed by atoms with Gasteiger partial charge in [-0.05, 0) is 25.5 Å². The van der Waals surface area contributed by atoms with Gasteiger partial charge in [0, 0.05) is 18.5 Å². The van der Waals surface area contributed by atoms with Crippen LogP contribution in [0.25, 0.3) is 6.08 Å². The van der Waals surface area contributed by atoms with Gasteiger partial charge in [-0.25, -0.2) is 13.1 Å². The summed E-state index contributed by atoms with van der Waals surface area (Å²) in [5.41, 5.74) is 0.718. The summed E-state index contributed by atoms with van der Waals surface area (Å²) in [4.78, 5) is 24.7. The first-order chi connectivity index (χ1) is 11.4. The van der Waals surface area contributed by atoms with Crippen LogP contribution in [0.5, 0.6) is 0 Å². The molecular weight excluding hydrogens is 332 g/mol. The number of carbonyl (C=O) groups excluding carboxylic acids is 2. The van der Waals surface area contributed by atoms with Gasteiger partial charge >= 0.3 is 5.97 Å². The van der Waals surface area contributed by atoms with Crippen molar-refractivity contribution < 1.29 is 22.7 Å². The molecule has 0 saturated carbocycles. The van der Waals surface area contributed by atoms with Gasteiger partial charge in [0.15, 0.2) is 6.61 Å². The van der Waals surface area contributed by atoms with Crippen molar-refractivity contribution in [2.24, 2.45) is 0 Å². The summed E-state index contributed by atoms with van der Waals surface area (Å²) < 4.78 is 30.4. The number of hydrogen-bond donors (Lipinski definition) is 1. The van der Waals surface area contributed by atoms with E-state index in [4.69, 9.17) is 4.74 Å². The normalized spacial score (nSPS) is 11.4. The van der Waals surface area contributed by atoms with Crippen molar-refractivity contribution >= 4 is 28.0 Å². The minimum Gasteiger partial charge on any atom is -0.455 e. The molecule has 0 bridgehead atoms. The molecular formula is C16H22N2O5S. The topological polar surface area (TPSA) is 92.8 Å². The van der Waals surface area contributed by atoms with Crippen molar-refractivity contribution in [1.29, 1.82) is 0 Å². The largest absolute Gasteiger partial charge is 0.455 e. The average Bonchev–Trinajstić information content (AvgIpc) is 2.58. The van der Waals surface area contributed by atoms with E-state index in [1.165, 1.54) is 11.0 Å². The second kappa shape index (κ2) is 9.84. The molecule has 1 aromatic rings. The molecule has 8 heteroatoms. The maximum atomic E-state index is 11.8. The second-order valence-electron chi connectivity index (χ2n) is 4.81. The molecule has 0 heterocycles. The van der Waals surface area contributed by atoms with Gasteiger partial charge < -0.3 is 9.64 Å². The lowest BCUT2D eigenvalue weighted by Crippen LogP contribution is -2.36. The first-order valence-corrected chi connectivity index (χ1v) is 9.08. The molecule has 1 amide bonds. The van der Waals surface area contributed by atoms with Crippen molar-refractivity contribution in [2.75, 3.05) is 26.2 Å². The molecule has 24 heavy (non-hydrogen) atoms. The van der Waals surface area contributed by atoms with Crippen molar-refractivity contribution in [2.45, 2.75) is 13.8 Å². The highest BCUT2D eigenvalue weighted by atomic mass is 32.2. The van der Waals surface area contributed by atoms with E-state index in [1.54, 1.807) is 24.3 Å². The molecule has 7 nitrogen and oxygen atoms in total. The highest BCUT2D eigenvalue weighted by Gasteiger charge is 2.14.